The summed E-state index contributed by atoms with van der Waals surface area (Å²) in [5, 5.41) is 7.53. The van der Waals surface area contributed by atoms with Crippen LogP contribution in [0, 0.1) is 5.41 Å². The van der Waals surface area contributed by atoms with E-state index in [4.69, 9.17) is 10.7 Å². The van der Waals surface area contributed by atoms with Crippen molar-refractivity contribution >= 4 is 19.7 Å². The van der Waals surface area contributed by atoms with E-state index in [-0.39, 0.29) is 10.6 Å². The summed E-state index contributed by atoms with van der Waals surface area (Å²) in [5.41, 5.74) is -0.454. The number of hydrogen-bond donors (Lipinski definition) is 0. The van der Waals surface area contributed by atoms with Gasteiger partial charge in [0, 0.05) is 22.6 Å². The zero-order chi connectivity index (χ0) is 14.4. The molecule has 0 unspecified atom stereocenters. The van der Waals surface area contributed by atoms with Crippen molar-refractivity contribution in [3.8, 4) is 0 Å². The third-order valence-electron chi connectivity index (χ3n) is 2.28. The van der Waals surface area contributed by atoms with E-state index in [0.29, 0.717) is 12.2 Å². The molecule has 0 amide bonds. The van der Waals surface area contributed by atoms with Crippen LogP contribution in [0.5, 0.6) is 0 Å². The fourth-order valence-corrected chi connectivity index (χ4v) is 2.76. The van der Waals surface area contributed by atoms with Crippen molar-refractivity contribution in [3.05, 3.63) is 5.82 Å². The second kappa shape index (κ2) is 4.49. The highest BCUT2D eigenvalue weighted by molar-refractivity contribution is 8.13. The van der Waals surface area contributed by atoms with Gasteiger partial charge in [-0.15, -0.1) is 10.2 Å². The van der Waals surface area contributed by atoms with Gasteiger partial charge in [-0.2, -0.15) is 0 Å². The molecule has 0 saturated heterocycles. The zero-order valence-corrected chi connectivity index (χ0v) is 13.2. The third kappa shape index (κ3) is 3.68. The summed E-state index contributed by atoms with van der Waals surface area (Å²) in [6, 6.07) is 0. The van der Waals surface area contributed by atoms with Gasteiger partial charge in [-0.25, -0.2) is 8.42 Å². The number of rotatable bonds is 2. The molecule has 0 bridgehead atoms. The van der Waals surface area contributed by atoms with E-state index in [1.807, 2.05) is 20.8 Å². The highest BCUT2D eigenvalue weighted by Gasteiger charge is 2.31. The molecule has 1 aromatic heterocycles. The maximum absolute atomic E-state index is 11.5. The van der Waals surface area contributed by atoms with Gasteiger partial charge in [0.25, 0.3) is 14.2 Å². The monoisotopic (exact) mass is 293 g/mol. The predicted octanol–water partition coefficient (Wildman–Crippen LogP) is 2.55. The first kappa shape index (κ1) is 15.4. The Kier molecular flexibility index (Phi) is 3.85. The van der Waals surface area contributed by atoms with Crippen molar-refractivity contribution in [3.63, 3.8) is 0 Å². The Morgan fingerprint density at radius 2 is 1.61 bits per heavy atom. The van der Waals surface area contributed by atoms with Gasteiger partial charge in [-0.1, -0.05) is 20.8 Å². The summed E-state index contributed by atoms with van der Waals surface area (Å²) >= 11 is 0. The lowest BCUT2D eigenvalue weighted by atomic mass is 9.91. The molecule has 1 heterocycles. The van der Waals surface area contributed by atoms with Crippen molar-refractivity contribution in [2.24, 2.45) is 5.41 Å². The number of hydrogen-bond acceptors (Lipinski definition) is 4. The number of nitrogens with zero attached hydrogens (tertiary/aromatic N) is 3. The zero-order valence-electron chi connectivity index (χ0n) is 11.7. The molecule has 0 aliphatic carbocycles. The molecule has 0 aliphatic heterocycles. The van der Waals surface area contributed by atoms with Gasteiger partial charge in [0.05, 0.1) is 0 Å². The van der Waals surface area contributed by atoms with Gasteiger partial charge >= 0.3 is 0 Å². The summed E-state index contributed by atoms with van der Waals surface area (Å²) < 4.78 is 24.6. The van der Waals surface area contributed by atoms with Gasteiger partial charge in [-0.05, 0) is 26.2 Å². The smallest absolute Gasteiger partial charge is 0.295 e. The normalized spacial score (nSPS) is 13.9. The van der Waals surface area contributed by atoms with Crippen LogP contribution in [0.15, 0.2) is 5.16 Å². The lowest BCUT2D eigenvalue weighted by Gasteiger charge is -2.26. The highest BCUT2D eigenvalue weighted by atomic mass is 35.7. The Morgan fingerprint density at radius 3 is 1.94 bits per heavy atom. The molecular formula is C11H20ClN3O2S. The fourth-order valence-electron chi connectivity index (χ4n) is 1.72. The molecule has 0 spiro atoms. The summed E-state index contributed by atoms with van der Waals surface area (Å²) in [6.45, 7) is 11.9. The van der Waals surface area contributed by atoms with E-state index in [1.54, 1.807) is 4.57 Å². The van der Waals surface area contributed by atoms with Crippen LogP contribution in [0.25, 0.3) is 0 Å². The molecule has 18 heavy (non-hydrogen) atoms. The minimum atomic E-state index is -3.89. The minimum Gasteiger partial charge on any atom is -0.295 e. The standard InChI is InChI=1S/C11H20ClN3O2S/c1-10(2,3)7-8-13-14-9(18(12,16)17)15(8)11(4,5)6/h7H2,1-6H3. The van der Waals surface area contributed by atoms with Crippen LogP contribution in [0.1, 0.15) is 47.4 Å². The molecule has 0 aromatic carbocycles. The summed E-state index contributed by atoms with van der Waals surface area (Å²) in [5.74, 6) is 0.634. The lowest BCUT2D eigenvalue weighted by Crippen LogP contribution is -2.28. The molecular weight excluding hydrogens is 274 g/mol. The largest absolute Gasteiger partial charge is 0.296 e. The van der Waals surface area contributed by atoms with E-state index < -0.39 is 14.6 Å². The lowest BCUT2D eigenvalue weighted by molar-refractivity contribution is 0.323. The first-order valence-electron chi connectivity index (χ1n) is 5.72. The van der Waals surface area contributed by atoms with Gasteiger partial charge in [0.15, 0.2) is 0 Å². The second-order valence-corrected chi connectivity index (χ2v) is 9.04. The summed E-state index contributed by atoms with van der Waals surface area (Å²) in [6.07, 6.45) is 0.629. The van der Waals surface area contributed by atoms with Crippen LogP contribution in [0.2, 0.25) is 0 Å². The molecule has 0 N–H and O–H groups in total. The predicted molar refractivity (Wildman–Crippen MR) is 71.2 cm³/mol. The molecule has 104 valence electrons. The van der Waals surface area contributed by atoms with Crippen molar-refractivity contribution in [1.82, 2.24) is 14.8 Å². The Balaban J connectivity index is 3.44. The van der Waals surface area contributed by atoms with Crippen molar-refractivity contribution in [2.45, 2.75) is 58.7 Å². The molecule has 0 aliphatic rings. The van der Waals surface area contributed by atoms with Gasteiger partial charge < -0.3 is 0 Å². The topological polar surface area (TPSA) is 64.8 Å². The summed E-state index contributed by atoms with van der Waals surface area (Å²) in [4.78, 5) is 0. The van der Waals surface area contributed by atoms with E-state index in [0.717, 1.165) is 0 Å². The number of aromatic nitrogens is 3. The highest BCUT2D eigenvalue weighted by Crippen LogP contribution is 2.27. The molecule has 0 fully saturated rings. The fraction of sp³-hybridized carbons (Fsp3) is 0.818. The molecule has 1 rings (SSSR count). The van der Waals surface area contributed by atoms with E-state index in [9.17, 15) is 8.42 Å². The maximum atomic E-state index is 11.5. The van der Waals surface area contributed by atoms with Gasteiger partial charge in [0.2, 0.25) is 0 Å². The van der Waals surface area contributed by atoms with Crippen LogP contribution in [0.4, 0.5) is 0 Å². The second-order valence-electron chi connectivity index (χ2n) is 6.58. The van der Waals surface area contributed by atoms with Crippen LogP contribution in [-0.2, 0) is 21.0 Å². The van der Waals surface area contributed by atoms with E-state index >= 15 is 0 Å². The van der Waals surface area contributed by atoms with Crippen LogP contribution < -0.4 is 0 Å². The molecule has 7 heteroatoms. The van der Waals surface area contributed by atoms with Gasteiger partial charge in [-0.3, -0.25) is 4.57 Å². The van der Waals surface area contributed by atoms with Crippen molar-refractivity contribution < 1.29 is 8.42 Å². The molecule has 0 atom stereocenters. The van der Waals surface area contributed by atoms with Gasteiger partial charge in [0.1, 0.15) is 5.82 Å². The molecule has 1 aromatic rings. The maximum Gasteiger partial charge on any atom is 0.296 e. The van der Waals surface area contributed by atoms with Crippen molar-refractivity contribution in [1.29, 1.82) is 0 Å². The van der Waals surface area contributed by atoms with Crippen LogP contribution >= 0.6 is 10.7 Å². The van der Waals surface area contributed by atoms with Crippen LogP contribution in [0.3, 0.4) is 0 Å². The Bertz CT molecular complexity index is 536. The third-order valence-corrected chi connectivity index (χ3v) is 3.39. The quantitative estimate of drug-likeness (QED) is 0.786. The van der Waals surface area contributed by atoms with Crippen LogP contribution in [-0.4, -0.2) is 23.2 Å². The Labute approximate surface area is 113 Å². The number of halogens is 1. The van der Waals surface area contributed by atoms with E-state index in [2.05, 4.69) is 31.0 Å². The molecule has 5 nitrogen and oxygen atoms in total. The molecule has 0 radical (unpaired) electrons. The Morgan fingerprint density at radius 1 is 1.11 bits per heavy atom. The van der Waals surface area contributed by atoms with E-state index in [1.165, 1.54) is 0 Å². The minimum absolute atomic E-state index is 0.0105. The van der Waals surface area contributed by atoms with Crippen molar-refractivity contribution in [2.75, 3.05) is 0 Å². The summed E-state index contributed by atoms with van der Waals surface area (Å²) in [7, 11) is 1.51. The Hall–Kier alpha value is -0.620. The average molecular weight is 294 g/mol. The first-order chi connectivity index (χ1) is 7.82. The first-order valence-corrected chi connectivity index (χ1v) is 8.03. The average Bonchev–Trinajstić information content (AvgIpc) is 2.41. The molecule has 0 saturated carbocycles. The SMILES string of the molecule is CC(C)(C)Cc1nnc(S(=O)(=O)Cl)n1C(C)(C)C.